The molecule has 3 nitrogen and oxygen atoms in total. The van der Waals surface area contributed by atoms with Crippen molar-refractivity contribution in [2.24, 2.45) is 0 Å². The monoisotopic (exact) mass is 260 g/mol. The minimum atomic E-state index is -0.155. The lowest BCUT2D eigenvalue weighted by molar-refractivity contribution is 0.00320. The molecule has 3 heteroatoms. The van der Waals surface area contributed by atoms with E-state index in [1.807, 2.05) is 32.3 Å². The van der Waals surface area contributed by atoms with Crippen molar-refractivity contribution in [2.45, 2.75) is 45.3 Å². The number of hydrogen-bond donors (Lipinski definition) is 0. The van der Waals surface area contributed by atoms with Gasteiger partial charge in [-0.1, -0.05) is 32.0 Å². The third-order valence-corrected chi connectivity index (χ3v) is 4.63. The van der Waals surface area contributed by atoms with Crippen molar-refractivity contribution in [3.63, 3.8) is 0 Å². The van der Waals surface area contributed by atoms with E-state index in [4.69, 9.17) is 0 Å². The Labute approximate surface area is 116 Å². The Kier molecular flexibility index (Phi) is 3.68. The zero-order valence-electron chi connectivity index (χ0n) is 12.6. The van der Waals surface area contributed by atoms with E-state index in [2.05, 4.69) is 36.6 Å². The summed E-state index contributed by atoms with van der Waals surface area (Å²) in [6.07, 6.45) is 1.99. The van der Waals surface area contributed by atoms with Gasteiger partial charge in [-0.3, -0.25) is 9.69 Å². The van der Waals surface area contributed by atoms with Crippen LogP contribution in [0.3, 0.4) is 0 Å². The molecule has 0 saturated carbocycles. The van der Waals surface area contributed by atoms with Gasteiger partial charge < -0.3 is 4.90 Å². The molecule has 1 amide bonds. The summed E-state index contributed by atoms with van der Waals surface area (Å²) in [5, 5.41) is 0. The van der Waals surface area contributed by atoms with E-state index in [1.165, 1.54) is 5.56 Å². The number of hydrogen-bond acceptors (Lipinski definition) is 2. The Balaban J connectivity index is 2.60. The van der Waals surface area contributed by atoms with Crippen LogP contribution in [0.5, 0.6) is 0 Å². The molecule has 0 saturated heterocycles. The third-order valence-electron chi connectivity index (χ3n) is 4.63. The predicted molar refractivity (Wildman–Crippen MR) is 78.0 cm³/mol. The maximum Gasteiger partial charge on any atom is 0.256 e. The summed E-state index contributed by atoms with van der Waals surface area (Å²) in [7, 11) is 4.05. The normalized spacial score (nSPS) is 18.8. The fraction of sp³-hybridized carbons (Fsp3) is 0.562. The summed E-state index contributed by atoms with van der Waals surface area (Å²) >= 11 is 0. The van der Waals surface area contributed by atoms with E-state index in [0.717, 1.165) is 18.4 Å². The fourth-order valence-corrected chi connectivity index (χ4v) is 3.26. The van der Waals surface area contributed by atoms with Crippen LogP contribution < -0.4 is 0 Å². The molecule has 1 unspecified atom stereocenters. The molecule has 0 aromatic heterocycles. The highest BCUT2D eigenvalue weighted by Crippen LogP contribution is 2.45. The molecule has 0 spiro atoms. The van der Waals surface area contributed by atoms with E-state index in [9.17, 15) is 4.79 Å². The van der Waals surface area contributed by atoms with Crippen molar-refractivity contribution >= 4 is 5.91 Å². The zero-order valence-corrected chi connectivity index (χ0v) is 12.6. The minimum Gasteiger partial charge on any atom is -0.313 e. The molecule has 0 bridgehead atoms. The van der Waals surface area contributed by atoms with Crippen molar-refractivity contribution in [1.82, 2.24) is 9.80 Å². The van der Waals surface area contributed by atoms with E-state index in [0.29, 0.717) is 0 Å². The summed E-state index contributed by atoms with van der Waals surface area (Å²) in [5.74, 6) is 0.167. The van der Waals surface area contributed by atoms with Crippen LogP contribution in [-0.4, -0.2) is 36.0 Å². The lowest BCUT2D eigenvalue weighted by Gasteiger charge is -2.44. The Morgan fingerprint density at radius 3 is 2.32 bits per heavy atom. The van der Waals surface area contributed by atoms with E-state index >= 15 is 0 Å². The van der Waals surface area contributed by atoms with Crippen LogP contribution in [0, 0.1) is 0 Å². The number of rotatable bonds is 4. The first-order chi connectivity index (χ1) is 8.99. The second-order valence-electron chi connectivity index (χ2n) is 5.55. The van der Waals surface area contributed by atoms with Crippen molar-refractivity contribution in [1.29, 1.82) is 0 Å². The Bertz CT molecular complexity index is 477. The molecule has 1 aromatic rings. The summed E-state index contributed by atoms with van der Waals surface area (Å²) in [5.41, 5.74) is 1.91. The molecule has 104 valence electrons. The van der Waals surface area contributed by atoms with Crippen LogP contribution in [0.15, 0.2) is 24.3 Å². The molecule has 0 N–H and O–H groups in total. The van der Waals surface area contributed by atoms with Gasteiger partial charge in [0.2, 0.25) is 0 Å². The fourth-order valence-electron chi connectivity index (χ4n) is 3.26. The van der Waals surface area contributed by atoms with Gasteiger partial charge >= 0.3 is 0 Å². The predicted octanol–water partition coefficient (Wildman–Crippen LogP) is 3.07. The number of nitrogens with zero attached hydrogens (tertiary/aromatic N) is 2. The van der Waals surface area contributed by atoms with Gasteiger partial charge in [-0.25, -0.2) is 0 Å². The van der Waals surface area contributed by atoms with Gasteiger partial charge in [-0.05, 0) is 45.5 Å². The number of fused-ring (bicyclic) bond motifs is 1. The van der Waals surface area contributed by atoms with Crippen molar-refractivity contribution in [3.05, 3.63) is 35.4 Å². The molecule has 1 aromatic carbocycles. The summed E-state index contributed by atoms with van der Waals surface area (Å²) in [6, 6.07) is 8.06. The van der Waals surface area contributed by atoms with Gasteiger partial charge in [0.05, 0.1) is 11.7 Å². The number of carbonyl (C=O) groups is 1. The minimum absolute atomic E-state index is 0.0970. The molecule has 0 fully saturated rings. The summed E-state index contributed by atoms with van der Waals surface area (Å²) in [6.45, 7) is 6.45. The first kappa shape index (κ1) is 14.1. The van der Waals surface area contributed by atoms with Gasteiger partial charge in [-0.2, -0.15) is 0 Å². The van der Waals surface area contributed by atoms with Crippen LogP contribution in [-0.2, 0) is 5.54 Å². The highest BCUT2D eigenvalue weighted by Gasteiger charge is 2.49. The topological polar surface area (TPSA) is 23.6 Å². The molecule has 1 atom stereocenters. The zero-order chi connectivity index (χ0) is 14.2. The van der Waals surface area contributed by atoms with Crippen LogP contribution >= 0.6 is 0 Å². The summed E-state index contributed by atoms with van der Waals surface area (Å²) in [4.78, 5) is 16.9. The second-order valence-corrected chi connectivity index (χ2v) is 5.55. The van der Waals surface area contributed by atoms with Gasteiger partial charge in [0.15, 0.2) is 0 Å². The van der Waals surface area contributed by atoms with Crippen molar-refractivity contribution < 1.29 is 4.79 Å². The molecule has 0 radical (unpaired) electrons. The number of amides is 1. The first-order valence-corrected chi connectivity index (χ1v) is 7.09. The molecule has 19 heavy (non-hydrogen) atoms. The molecule has 1 aliphatic rings. The highest BCUT2D eigenvalue weighted by molar-refractivity contribution is 6.00. The lowest BCUT2D eigenvalue weighted by Crippen LogP contribution is -2.53. The summed E-state index contributed by atoms with van der Waals surface area (Å²) < 4.78 is 0. The maximum absolute atomic E-state index is 12.8. The average molecular weight is 260 g/mol. The molecule has 1 heterocycles. The SMILES string of the molecule is CCC1(CC)c2ccccc2C(=O)N1C(C)N(C)C. The largest absolute Gasteiger partial charge is 0.313 e. The van der Waals surface area contributed by atoms with Crippen LogP contribution in [0.1, 0.15) is 49.5 Å². The Morgan fingerprint density at radius 1 is 1.21 bits per heavy atom. The Hall–Kier alpha value is -1.35. The van der Waals surface area contributed by atoms with Gasteiger partial charge in [0.1, 0.15) is 0 Å². The molecular weight excluding hydrogens is 236 g/mol. The Morgan fingerprint density at radius 2 is 1.79 bits per heavy atom. The smallest absolute Gasteiger partial charge is 0.256 e. The maximum atomic E-state index is 12.8. The molecular formula is C16H24N2O. The highest BCUT2D eigenvalue weighted by atomic mass is 16.2. The van der Waals surface area contributed by atoms with Crippen molar-refractivity contribution in [2.75, 3.05) is 14.1 Å². The number of carbonyl (C=O) groups excluding carboxylic acids is 1. The van der Waals surface area contributed by atoms with Gasteiger partial charge in [0.25, 0.3) is 5.91 Å². The molecule has 0 aliphatic carbocycles. The molecule has 1 aliphatic heterocycles. The standard InChI is InChI=1S/C16H24N2O/c1-6-16(7-2)14-11-9-8-10-13(14)15(19)18(16)12(3)17(4)5/h8-12H,6-7H2,1-5H3. The van der Waals surface area contributed by atoms with Crippen molar-refractivity contribution in [3.8, 4) is 0 Å². The van der Waals surface area contributed by atoms with E-state index in [-0.39, 0.29) is 17.6 Å². The second kappa shape index (κ2) is 4.97. The van der Waals surface area contributed by atoms with Crippen LogP contribution in [0.25, 0.3) is 0 Å². The van der Waals surface area contributed by atoms with Crippen LogP contribution in [0.4, 0.5) is 0 Å². The van der Waals surface area contributed by atoms with Gasteiger partial charge in [-0.15, -0.1) is 0 Å². The lowest BCUT2D eigenvalue weighted by atomic mass is 9.84. The average Bonchev–Trinajstić information content (AvgIpc) is 2.68. The van der Waals surface area contributed by atoms with E-state index < -0.39 is 0 Å². The number of benzene rings is 1. The van der Waals surface area contributed by atoms with Crippen LogP contribution in [0.2, 0.25) is 0 Å². The molecule has 2 rings (SSSR count). The van der Waals surface area contributed by atoms with E-state index in [1.54, 1.807) is 0 Å². The first-order valence-electron chi connectivity index (χ1n) is 7.09. The van der Waals surface area contributed by atoms with Gasteiger partial charge in [0, 0.05) is 5.56 Å². The third kappa shape index (κ3) is 1.88. The quantitative estimate of drug-likeness (QED) is 0.830.